The number of carbonyl (C=O) groups excluding carboxylic acids is 1. The third-order valence-corrected chi connectivity index (χ3v) is 3.26. The molecule has 2 aromatic rings. The van der Waals surface area contributed by atoms with Gasteiger partial charge in [0.25, 0.3) is 0 Å². The van der Waals surface area contributed by atoms with Crippen molar-refractivity contribution in [1.29, 1.82) is 0 Å². The summed E-state index contributed by atoms with van der Waals surface area (Å²) >= 11 is 11.8. The Balaban J connectivity index is 2.08. The van der Waals surface area contributed by atoms with Crippen LogP contribution in [0.5, 0.6) is 0 Å². The second kappa shape index (κ2) is 6.03. The van der Waals surface area contributed by atoms with Gasteiger partial charge in [-0.05, 0) is 30.3 Å². The Hall–Kier alpha value is -1.91. The molecule has 0 atom stereocenters. The van der Waals surface area contributed by atoms with Crippen LogP contribution in [0.15, 0.2) is 36.4 Å². The molecule has 4 N–H and O–H groups in total. The number of esters is 1. The minimum Gasteiger partial charge on any atom is -0.457 e. The lowest BCUT2D eigenvalue weighted by atomic mass is 10.1. The van der Waals surface area contributed by atoms with E-state index in [0.29, 0.717) is 21.3 Å². The van der Waals surface area contributed by atoms with E-state index in [9.17, 15) is 4.79 Å². The first kappa shape index (κ1) is 14.5. The van der Waals surface area contributed by atoms with Gasteiger partial charge in [-0.15, -0.1) is 0 Å². The number of nitrogens with two attached hydrogens (primary N) is 2. The van der Waals surface area contributed by atoms with Crippen LogP contribution in [-0.2, 0) is 11.3 Å². The fourth-order valence-corrected chi connectivity index (χ4v) is 2.09. The van der Waals surface area contributed by atoms with Crippen LogP contribution in [0.2, 0.25) is 10.0 Å². The molecular formula is C14H12Cl2N2O2. The minimum absolute atomic E-state index is 0.0403. The fraction of sp³-hybridized carbons (Fsp3) is 0.0714. The molecule has 0 saturated heterocycles. The van der Waals surface area contributed by atoms with E-state index >= 15 is 0 Å². The number of anilines is 2. The molecule has 0 aliphatic carbocycles. The maximum Gasteiger partial charge on any atom is 0.340 e. The van der Waals surface area contributed by atoms with Gasteiger partial charge >= 0.3 is 5.97 Å². The summed E-state index contributed by atoms with van der Waals surface area (Å²) in [5.74, 6) is -0.534. The highest BCUT2D eigenvalue weighted by Crippen LogP contribution is 2.23. The molecule has 0 fully saturated rings. The average molecular weight is 311 g/mol. The van der Waals surface area contributed by atoms with Crippen molar-refractivity contribution in [2.45, 2.75) is 6.61 Å². The molecule has 2 aromatic carbocycles. The zero-order valence-electron chi connectivity index (χ0n) is 10.4. The Labute approximate surface area is 126 Å². The molecule has 2 rings (SSSR count). The summed E-state index contributed by atoms with van der Waals surface area (Å²) in [5, 5.41) is 0.962. The highest BCUT2D eigenvalue weighted by molar-refractivity contribution is 6.35. The van der Waals surface area contributed by atoms with Gasteiger partial charge in [-0.1, -0.05) is 29.3 Å². The van der Waals surface area contributed by atoms with Crippen LogP contribution < -0.4 is 11.5 Å². The van der Waals surface area contributed by atoms with Gasteiger partial charge in [-0.2, -0.15) is 0 Å². The highest BCUT2D eigenvalue weighted by atomic mass is 35.5. The van der Waals surface area contributed by atoms with E-state index in [0.717, 1.165) is 0 Å². The number of rotatable bonds is 3. The quantitative estimate of drug-likeness (QED) is 0.671. The van der Waals surface area contributed by atoms with E-state index < -0.39 is 5.97 Å². The first-order valence-corrected chi connectivity index (χ1v) is 6.49. The van der Waals surface area contributed by atoms with Gasteiger partial charge in [0.1, 0.15) is 6.61 Å². The van der Waals surface area contributed by atoms with Gasteiger partial charge in [-0.25, -0.2) is 4.79 Å². The molecule has 6 heteroatoms. The summed E-state index contributed by atoms with van der Waals surface area (Å²) in [5.41, 5.74) is 13.0. The lowest BCUT2D eigenvalue weighted by Gasteiger charge is -2.09. The molecular weight excluding hydrogens is 299 g/mol. The van der Waals surface area contributed by atoms with Gasteiger partial charge in [0.05, 0.1) is 5.56 Å². The molecule has 4 nitrogen and oxygen atoms in total. The third kappa shape index (κ3) is 3.35. The van der Waals surface area contributed by atoms with Crippen molar-refractivity contribution in [2.24, 2.45) is 0 Å². The van der Waals surface area contributed by atoms with Gasteiger partial charge in [0, 0.05) is 27.0 Å². The van der Waals surface area contributed by atoms with Crippen molar-refractivity contribution in [2.75, 3.05) is 11.5 Å². The Bertz CT molecular complexity index is 660. The SMILES string of the molecule is Nc1ccc(C(=O)OCc2ccc(Cl)cc2Cl)c(N)c1. The van der Waals surface area contributed by atoms with Crippen molar-refractivity contribution in [3.8, 4) is 0 Å². The first-order chi connectivity index (χ1) is 9.47. The van der Waals surface area contributed by atoms with Crippen LogP contribution in [0, 0.1) is 0 Å². The highest BCUT2D eigenvalue weighted by Gasteiger charge is 2.12. The van der Waals surface area contributed by atoms with Crippen LogP contribution >= 0.6 is 23.2 Å². The number of carbonyl (C=O) groups is 1. The summed E-state index contributed by atoms with van der Waals surface area (Å²) in [4.78, 5) is 11.9. The van der Waals surface area contributed by atoms with E-state index in [1.165, 1.54) is 12.1 Å². The second-order valence-corrected chi connectivity index (χ2v) is 5.00. The molecule has 0 amide bonds. The monoisotopic (exact) mass is 310 g/mol. The number of ether oxygens (including phenoxy) is 1. The minimum atomic E-state index is -0.534. The standard InChI is InChI=1S/C14H12Cl2N2O2/c15-9-2-1-8(12(16)5-9)7-20-14(19)11-4-3-10(17)6-13(11)18/h1-6H,7,17-18H2. The van der Waals surface area contributed by atoms with E-state index in [-0.39, 0.29) is 17.9 Å². The van der Waals surface area contributed by atoms with Crippen molar-refractivity contribution in [3.05, 3.63) is 57.6 Å². The molecule has 104 valence electrons. The van der Waals surface area contributed by atoms with E-state index in [1.807, 2.05) is 0 Å². The number of benzene rings is 2. The van der Waals surface area contributed by atoms with Crippen molar-refractivity contribution >= 4 is 40.5 Å². The number of hydrogen-bond acceptors (Lipinski definition) is 4. The number of halogens is 2. The number of nitrogen functional groups attached to an aromatic ring is 2. The normalized spacial score (nSPS) is 10.3. The predicted molar refractivity (Wildman–Crippen MR) is 80.8 cm³/mol. The summed E-state index contributed by atoms with van der Waals surface area (Å²) < 4.78 is 5.17. The average Bonchev–Trinajstić information content (AvgIpc) is 2.37. The second-order valence-electron chi connectivity index (χ2n) is 4.16. The Kier molecular flexibility index (Phi) is 4.37. The van der Waals surface area contributed by atoms with Crippen LogP contribution in [0.25, 0.3) is 0 Å². The topological polar surface area (TPSA) is 78.3 Å². The summed E-state index contributed by atoms with van der Waals surface area (Å²) in [6.07, 6.45) is 0. The summed E-state index contributed by atoms with van der Waals surface area (Å²) in [7, 11) is 0. The van der Waals surface area contributed by atoms with Crippen molar-refractivity contribution in [3.63, 3.8) is 0 Å². The van der Waals surface area contributed by atoms with Crippen LogP contribution in [-0.4, -0.2) is 5.97 Å². The largest absolute Gasteiger partial charge is 0.457 e. The van der Waals surface area contributed by atoms with Gasteiger partial charge in [0.2, 0.25) is 0 Å². The molecule has 0 aliphatic rings. The first-order valence-electron chi connectivity index (χ1n) is 5.73. The van der Waals surface area contributed by atoms with Crippen molar-refractivity contribution < 1.29 is 9.53 Å². The molecule has 0 radical (unpaired) electrons. The zero-order valence-corrected chi connectivity index (χ0v) is 11.9. The van der Waals surface area contributed by atoms with Crippen LogP contribution in [0.3, 0.4) is 0 Å². The zero-order chi connectivity index (χ0) is 14.7. The molecule has 0 aliphatic heterocycles. The Morgan fingerprint density at radius 3 is 2.50 bits per heavy atom. The maximum absolute atomic E-state index is 11.9. The van der Waals surface area contributed by atoms with Gasteiger partial charge < -0.3 is 16.2 Å². The molecule has 0 unspecified atom stereocenters. The van der Waals surface area contributed by atoms with Crippen LogP contribution in [0.1, 0.15) is 15.9 Å². The summed E-state index contributed by atoms with van der Waals surface area (Å²) in [6, 6.07) is 9.58. The molecule has 0 spiro atoms. The molecule has 0 aromatic heterocycles. The number of hydrogen-bond donors (Lipinski definition) is 2. The van der Waals surface area contributed by atoms with E-state index in [1.54, 1.807) is 24.3 Å². The third-order valence-electron chi connectivity index (χ3n) is 2.67. The fourth-order valence-electron chi connectivity index (χ4n) is 1.63. The van der Waals surface area contributed by atoms with Gasteiger partial charge in [0.15, 0.2) is 0 Å². The van der Waals surface area contributed by atoms with Gasteiger partial charge in [-0.3, -0.25) is 0 Å². The maximum atomic E-state index is 11.9. The van der Waals surface area contributed by atoms with E-state index in [4.69, 9.17) is 39.4 Å². The molecule has 0 saturated carbocycles. The molecule has 20 heavy (non-hydrogen) atoms. The Morgan fingerprint density at radius 2 is 1.85 bits per heavy atom. The Morgan fingerprint density at radius 1 is 1.10 bits per heavy atom. The summed E-state index contributed by atoms with van der Waals surface area (Å²) in [6.45, 7) is 0.0403. The van der Waals surface area contributed by atoms with Crippen molar-refractivity contribution in [1.82, 2.24) is 0 Å². The van der Waals surface area contributed by atoms with E-state index in [2.05, 4.69) is 0 Å². The lowest BCUT2D eigenvalue weighted by Crippen LogP contribution is -2.09. The predicted octanol–water partition coefficient (Wildman–Crippen LogP) is 3.51. The van der Waals surface area contributed by atoms with Crippen LogP contribution in [0.4, 0.5) is 11.4 Å². The molecule has 0 heterocycles. The smallest absolute Gasteiger partial charge is 0.340 e. The lowest BCUT2D eigenvalue weighted by molar-refractivity contribution is 0.0474. The molecule has 0 bridgehead atoms.